The van der Waals surface area contributed by atoms with Crippen molar-refractivity contribution in [1.82, 2.24) is 10.2 Å². The van der Waals surface area contributed by atoms with E-state index in [9.17, 15) is 19.2 Å². The SMILES string of the molecule is COc1ccc(/C=C2/C(=O)NC(=O)N(Cc3ccccc3)C2=O)cc1COc1ccc(NC(C)=O)cc1. The van der Waals surface area contributed by atoms with Crippen LogP contribution in [0.4, 0.5) is 10.5 Å². The van der Waals surface area contributed by atoms with Gasteiger partial charge in [-0.3, -0.25) is 24.6 Å². The van der Waals surface area contributed by atoms with Gasteiger partial charge in [-0.25, -0.2) is 4.79 Å². The van der Waals surface area contributed by atoms with Gasteiger partial charge in [-0.1, -0.05) is 36.4 Å². The van der Waals surface area contributed by atoms with Crippen LogP contribution >= 0.6 is 0 Å². The number of ether oxygens (including phenoxy) is 2. The zero-order valence-electron chi connectivity index (χ0n) is 20.3. The van der Waals surface area contributed by atoms with E-state index in [-0.39, 0.29) is 24.6 Å². The highest BCUT2D eigenvalue weighted by atomic mass is 16.5. The van der Waals surface area contributed by atoms with Gasteiger partial charge in [-0.15, -0.1) is 0 Å². The van der Waals surface area contributed by atoms with Crippen LogP contribution in [0.2, 0.25) is 0 Å². The highest BCUT2D eigenvalue weighted by molar-refractivity contribution is 6.30. The maximum atomic E-state index is 13.1. The smallest absolute Gasteiger partial charge is 0.331 e. The number of carbonyl (C=O) groups excluding carboxylic acids is 4. The molecule has 0 radical (unpaired) electrons. The van der Waals surface area contributed by atoms with Gasteiger partial charge in [0.25, 0.3) is 11.8 Å². The van der Waals surface area contributed by atoms with Crippen LogP contribution in [0.3, 0.4) is 0 Å². The number of hydrogen-bond donors (Lipinski definition) is 2. The van der Waals surface area contributed by atoms with Crippen molar-refractivity contribution in [3.05, 3.63) is 95.1 Å². The summed E-state index contributed by atoms with van der Waals surface area (Å²) in [6, 6.07) is 20.4. The number of imide groups is 2. The van der Waals surface area contributed by atoms with Crippen LogP contribution in [0.1, 0.15) is 23.6 Å². The number of nitrogens with zero attached hydrogens (tertiary/aromatic N) is 1. The molecule has 0 atom stereocenters. The lowest BCUT2D eigenvalue weighted by molar-refractivity contribution is -0.130. The first kappa shape index (κ1) is 25.2. The summed E-state index contributed by atoms with van der Waals surface area (Å²) in [7, 11) is 1.53. The number of methoxy groups -OCH3 is 1. The van der Waals surface area contributed by atoms with Crippen LogP contribution in [-0.4, -0.2) is 35.8 Å². The Morgan fingerprint density at radius 3 is 2.41 bits per heavy atom. The van der Waals surface area contributed by atoms with Crippen molar-refractivity contribution >= 4 is 35.5 Å². The highest BCUT2D eigenvalue weighted by Gasteiger charge is 2.35. The lowest BCUT2D eigenvalue weighted by Crippen LogP contribution is -2.53. The maximum Gasteiger partial charge on any atom is 0.331 e. The Bertz CT molecular complexity index is 1370. The molecule has 1 aliphatic heterocycles. The molecule has 1 fully saturated rings. The molecule has 0 bridgehead atoms. The zero-order chi connectivity index (χ0) is 26.4. The molecule has 0 spiro atoms. The number of amides is 5. The topological polar surface area (TPSA) is 114 Å². The van der Waals surface area contributed by atoms with Crippen LogP contribution in [-0.2, 0) is 27.5 Å². The van der Waals surface area contributed by atoms with E-state index < -0.39 is 17.8 Å². The number of benzene rings is 3. The first-order valence-corrected chi connectivity index (χ1v) is 11.4. The summed E-state index contributed by atoms with van der Waals surface area (Å²) in [5.74, 6) is -0.450. The second-order valence-electron chi connectivity index (χ2n) is 8.26. The Hall–Kier alpha value is -4.92. The lowest BCUT2D eigenvalue weighted by atomic mass is 10.0. The first-order chi connectivity index (χ1) is 17.8. The monoisotopic (exact) mass is 499 g/mol. The van der Waals surface area contributed by atoms with Crippen LogP contribution in [0.5, 0.6) is 11.5 Å². The molecule has 1 aliphatic rings. The summed E-state index contributed by atoms with van der Waals surface area (Å²) in [5, 5.41) is 4.92. The van der Waals surface area contributed by atoms with Crippen molar-refractivity contribution in [2.75, 3.05) is 12.4 Å². The van der Waals surface area contributed by atoms with Crippen LogP contribution in [0.25, 0.3) is 6.08 Å². The van der Waals surface area contributed by atoms with E-state index in [1.807, 2.05) is 18.2 Å². The van der Waals surface area contributed by atoms with E-state index in [1.54, 1.807) is 54.6 Å². The number of hydrogen-bond acceptors (Lipinski definition) is 6. The standard InChI is InChI=1S/C28H25N3O6/c1-18(32)29-22-9-11-23(12-10-22)37-17-21-14-20(8-13-25(21)36-2)15-24-26(33)30-28(35)31(27(24)34)16-19-6-4-3-5-7-19/h3-15H,16-17H2,1-2H3,(H,29,32)(H,30,33,35)/b24-15-. The third-order valence-electron chi connectivity index (χ3n) is 5.55. The number of anilines is 1. The number of nitrogens with one attached hydrogen (secondary N) is 2. The summed E-state index contributed by atoms with van der Waals surface area (Å²) < 4.78 is 11.3. The Balaban J connectivity index is 1.53. The van der Waals surface area contributed by atoms with Crippen LogP contribution < -0.4 is 20.1 Å². The zero-order valence-corrected chi connectivity index (χ0v) is 20.3. The molecule has 0 aliphatic carbocycles. The molecule has 5 amide bonds. The molecule has 37 heavy (non-hydrogen) atoms. The molecule has 0 saturated carbocycles. The number of rotatable bonds is 8. The molecule has 0 aromatic heterocycles. The van der Waals surface area contributed by atoms with Crippen molar-refractivity contribution in [3.8, 4) is 11.5 Å². The number of barbiturate groups is 1. The van der Waals surface area contributed by atoms with Gasteiger partial charge in [0.15, 0.2) is 0 Å². The van der Waals surface area contributed by atoms with E-state index in [0.717, 1.165) is 10.5 Å². The van der Waals surface area contributed by atoms with E-state index in [0.29, 0.717) is 28.3 Å². The van der Waals surface area contributed by atoms with Gasteiger partial charge < -0.3 is 14.8 Å². The number of urea groups is 1. The fourth-order valence-electron chi connectivity index (χ4n) is 3.77. The van der Waals surface area contributed by atoms with Gasteiger partial charge in [0.1, 0.15) is 23.7 Å². The quantitative estimate of drug-likeness (QED) is 0.359. The van der Waals surface area contributed by atoms with Gasteiger partial charge in [0, 0.05) is 18.2 Å². The maximum absolute atomic E-state index is 13.1. The van der Waals surface area contributed by atoms with Crippen LogP contribution in [0, 0.1) is 0 Å². The predicted octanol–water partition coefficient (Wildman–Crippen LogP) is 3.89. The molecule has 1 saturated heterocycles. The van der Waals surface area contributed by atoms with Crippen molar-refractivity contribution in [2.45, 2.75) is 20.1 Å². The van der Waals surface area contributed by atoms with Crippen LogP contribution in [0.15, 0.2) is 78.4 Å². The third-order valence-corrected chi connectivity index (χ3v) is 5.55. The van der Waals surface area contributed by atoms with Crippen molar-refractivity contribution in [1.29, 1.82) is 0 Å². The van der Waals surface area contributed by atoms with E-state index in [1.165, 1.54) is 20.1 Å². The van der Waals surface area contributed by atoms with Crippen molar-refractivity contribution in [3.63, 3.8) is 0 Å². The second kappa shape index (κ2) is 11.2. The van der Waals surface area contributed by atoms with E-state index in [2.05, 4.69) is 10.6 Å². The Labute approximate surface area is 213 Å². The summed E-state index contributed by atoms with van der Waals surface area (Å²) in [4.78, 5) is 50.1. The van der Waals surface area contributed by atoms with E-state index in [4.69, 9.17) is 9.47 Å². The largest absolute Gasteiger partial charge is 0.496 e. The van der Waals surface area contributed by atoms with Gasteiger partial charge in [-0.2, -0.15) is 0 Å². The minimum Gasteiger partial charge on any atom is -0.496 e. The average molecular weight is 500 g/mol. The molecular weight excluding hydrogens is 474 g/mol. The molecule has 3 aromatic rings. The lowest BCUT2D eigenvalue weighted by Gasteiger charge is -2.26. The molecule has 9 nitrogen and oxygen atoms in total. The van der Waals surface area contributed by atoms with E-state index >= 15 is 0 Å². The summed E-state index contributed by atoms with van der Waals surface area (Å²) >= 11 is 0. The summed E-state index contributed by atoms with van der Waals surface area (Å²) in [6.07, 6.45) is 1.44. The average Bonchev–Trinajstić information content (AvgIpc) is 2.89. The molecular formula is C28H25N3O6. The van der Waals surface area contributed by atoms with Gasteiger partial charge in [0.2, 0.25) is 5.91 Å². The van der Waals surface area contributed by atoms with Gasteiger partial charge in [-0.05, 0) is 53.6 Å². The second-order valence-corrected chi connectivity index (χ2v) is 8.26. The van der Waals surface area contributed by atoms with Gasteiger partial charge in [0.05, 0.1) is 13.7 Å². The van der Waals surface area contributed by atoms with Crippen molar-refractivity contribution in [2.24, 2.45) is 0 Å². The fourth-order valence-corrected chi connectivity index (χ4v) is 3.77. The van der Waals surface area contributed by atoms with Gasteiger partial charge >= 0.3 is 6.03 Å². The summed E-state index contributed by atoms with van der Waals surface area (Å²) in [5.41, 5.74) is 2.51. The molecule has 0 unspecified atom stereocenters. The molecule has 1 heterocycles. The number of carbonyl (C=O) groups is 4. The fraction of sp³-hybridized carbons (Fsp3) is 0.143. The third kappa shape index (κ3) is 6.21. The molecule has 3 aromatic carbocycles. The predicted molar refractivity (Wildman–Crippen MR) is 137 cm³/mol. The summed E-state index contributed by atoms with van der Waals surface area (Å²) in [6.45, 7) is 1.62. The molecule has 4 rings (SSSR count). The Morgan fingerprint density at radius 2 is 1.73 bits per heavy atom. The Kier molecular flexibility index (Phi) is 7.63. The highest BCUT2D eigenvalue weighted by Crippen LogP contribution is 2.25. The minimum absolute atomic E-state index is 0.0402. The van der Waals surface area contributed by atoms with Crippen molar-refractivity contribution < 1.29 is 28.7 Å². The minimum atomic E-state index is -0.760. The normalized spacial score (nSPS) is 14.4. The first-order valence-electron chi connectivity index (χ1n) is 11.4. The Morgan fingerprint density at radius 1 is 1.00 bits per heavy atom. The molecule has 9 heteroatoms. The molecule has 188 valence electrons. The molecule has 2 N–H and O–H groups in total.